The molecule has 4 atom stereocenters. The first-order chi connectivity index (χ1) is 7.91. The summed E-state index contributed by atoms with van der Waals surface area (Å²) in [4.78, 5) is 0. The molecule has 0 bridgehead atoms. The second kappa shape index (κ2) is 6.14. The quantitative estimate of drug-likeness (QED) is 0.689. The van der Waals surface area contributed by atoms with Gasteiger partial charge >= 0.3 is 0 Å². The topological polar surface area (TPSA) is 38.0 Å². The summed E-state index contributed by atoms with van der Waals surface area (Å²) >= 11 is 0. The molecule has 0 aromatic heterocycles. The molecule has 0 aromatic carbocycles. The molecule has 1 aliphatic carbocycles. The minimum absolute atomic E-state index is 0.125. The summed E-state index contributed by atoms with van der Waals surface area (Å²) in [6.07, 6.45) is 2.57. The summed E-state index contributed by atoms with van der Waals surface area (Å²) in [5.41, 5.74) is 4.62. The van der Waals surface area contributed by atoms with E-state index in [4.69, 9.17) is 5.73 Å². The summed E-state index contributed by atoms with van der Waals surface area (Å²) in [6, 6.07) is 0.249. The van der Waals surface area contributed by atoms with Crippen LogP contribution in [0.5, 0.6) is 0 Å². The Hall–Kier alpha value is -0.150. The normalized spacial score (nSPS) is 31.6. The van der Waals surface area contributed by atoms with E-state index < -0.39 is 5.67 Å². The molecule has 1 fully saturated rings. The summed E-state index contributed by atoms with van der Waals surface area (Å²) in [6.45, 7) is 10.1. The largest absolute Gasteiger partial charge is 0.330 e. The molecule has 3 heteroatoms. The van der Waals surface area contributed by atoms with Gasteiger partial charge in [-0.05, 0) is 51.1 Å². The van der Waals surface area contributed by atoms with Crippen molar-refractivity contribution in [1.82, 2.24) is 5.32 Å². The van der Waals surface area contributed by atoms with Crippen molar-refractivity contribution in [1.29, 1.82) is 0 Å². The highest BCUT2D eigenvalue weighted by Crippen LogP contribution is 2.54. The standard InChI is InChI=1S/C14H29FN2/c1-10(2)9-17-12(4)13(6-5-7-16)14(15)8-11(14)3/h10-13,17H,5-9,16H2,1-4H3. The average molecular weight is 244 g/mol. The number of rotatable bonds is 8. The lowest BCUT2D eigenvalue weighted by molar-refractivity contribution is 0.137. The average Bonchev–Trinajstić information content (AvgIpc) is 2.85. The maximum atomic E-state index is 14.6. The van der Waals surface area contributed by atoms with Crippen LogP contribution in [0.15, 0.2) is 0 Å². The van der Waals surface area contributed by atoms with E-state index in [1.165, 1.54) is 0 Å². The van der Waals surface area contributed by atoms with Gasteiger partial charge in [0.05, 0.1) is 0 Å². The van der Waals surface area contributed by atoms with Crippen molar-refractivity contribution in [3.05, 3.63) is 0 Å². The van der Waals surface area contributed by atoms with Gasteiger partial charge in [-0.2, -0.15) is 0 Å². The Morgan fingerprint density at radius 2 is 2.00 bits per heavy atom. The Kier molecular flexibility index (Phi) is 5.39. The highest BCUT2D eigenvalue weighted by molar-refractivity contribution is 5.08. The maximum absolute atomic E-state index is 14.6. The van der Waals surface area contributed by atoms with E-state index >= 15 is 0 Å². The van der Waals surface area contributed by atoms with Crippen LogP contribution >= 0.6 is 0 Å². The van der Waals surface area contributed by atoms with Gasteiger partial charge in [-0.25, -0.2) is 4.39 Å². The molecule has 0 heterocycles. The molecule has 1 saturated carbocycles. The fourth-order valence-corrected chi connectivity index (χ4v) is 2.73. The lowest BCUT2D eigenvalue weighted by Crippen LogP contribution is -2.41. The molecule has 0 aliphatic heterocycles. The van der Waals surface area contributed by atoms with Crippen molar-refractivity contribution < 1.29 is 4.39 Å². The molecule has 2 nitrogen and oxygen atoms in total. The van der Waals surface area contributed by atoms with Crippen LogP contribution in [0.25, 0.3) is 0 Å². The molecule has 3 N–H and O–H groups in total. The zero-order chi connectivity index (χ0) is 13.1. The van der Waals surface area contributed by atoms with Gasteiger partial charge in [0.15, 0.2) is 0 Å². The third-order valence-electron chi connectivity index (χ3n) is 4.07. The predicted octanol–water partition coefficient (Wildman–Crippen LogP) is 2.72. The van der Waals surface area contributed by atoms with Crippen LogP contribution in [0.3, 0.4) is 0 Å². The van der Waals surface area contributed by atoms with Crippen molar-refractivity contribution in [2.75, 3.05) is 13.1 Å². The molecular formula is C14H29FN2. The van der Waals surface area contributed by atoms with E-state index in [2.05, 4.69) is 26.1 Å². The van der Waals surface area contributed by atoms with Gasteiger partial charge in [0.2, 0.25) is 0 Å². The van der Waals surface area contributed by atoms with Crippen LogP contribution in [-0.2, 0) is 0 Å². The SMILES string of the molecule is CC(C)CNC(C)C(CCCN)C1(F)CC1C. The van der Waals surface area contributed by atoms with Gasteiger partial charge in [0.25, 0.3) is 0 Å². The smallest absolute Gasteiger partial charge is 0.118 e. The summed E-state index contributed by atoms with van der Waals surface area (Å²) in [5, 5.41) is 3.48. The molecule has 4 unspecified atom stereocenters. The molecular weight excluding hydrogens is 215 g/mol. The van der Waals surface area contributed by atoms with Crippen LogP contribution in [-0.4, -0.2) is 24.8 Å². The second-order valence-electron chi connectivity index (χ2n) is 6.16. The van der Waals surface area contributed by atoms with E-state index in [9.17, 15) is 4.39 Å². The molecule has 0 radical (unpaired) electrons. The molecule has 1 aliphatic rings. The number of hydrogen-bond donors (Lipinski definition) is 2. The van der Waals surface area contributed by atoms with Crippen LogP contribution in [0, 0.1) is 17.8 Å². The molecule has 102 valence electrons. The molecule has 1 rings (SSSR count). The fourth-order valence-electron chi connectivity index (χ4n) is 2.73. The zero-order valence-corrected chi connectivity index (χ0v) is 11.8. The first-order valence-electron chi connectivity index (χ1n) is 7.04. The zero-order valence-electron chi connectivity index (χ0n) is 11.8. The van der Waals surface area contributed by atoms with Crippen molar-refractivity contribution >= 4 is 0 Å². The van der Waals surface area contributed by atoms with Crippen molar-refractivity contribution in [2.24, 2.45) is 23.5 Å². The predicted molar refractivity (Wildman–Crippen MR) is 71.7 cm³/mol. The summed E-state index contributed by atoms with van der Waals surface area (Å²) in [5.74, 6) is 0.966. The Balaban J connectivity index is 2.50. The van der Waals surface area contributed by atoms with E-state index in [0.29, 0.717) is 12.5 Å². The second-order valence-corrected chi connectivity index (χ2v) is 6.16. The molecule has 0 aromatic rings. The minimum atomic E-state index is -0.932. The van der Waals surface area contributed by atoms with Gasteiger partial charge in [-0.15, -0.1) is 0 Å². The van der Waals surface area contributed by atoms with Gasteiger partial charge in [0, 0.05) is 12.0 Å². The van der Waals surface area contributed by atoms with Crippen LogP contribution in [0.1, 0.15) is 47.0 Å². The van der Waals surface area contributed by atoms with Gasteiger partial charge < -0.3 is 11.1 Å². The third kappa shape index (κ3) is 3.92. The summed E-state index contributed by atoms with van der Waals surface area (Å²) < 4.78 is 14.6. The number of hydrogen-bond acceptors (Lipinski definition) is 2. The first-order valence-corrected chi connectivity index (χ1v) is 7.04. The monoisotopic (exact) mass is 244 g/mol. The van der Waals surface area contributed by atoms with Gasteiger partial charge in [-0.1, -0.05) is 20.8 Å². The van der Waals surface area contributed by atoms with Crippen molar-refractivity contribution in [2.45, 2.75) is 58.7 Å². The molecule has 0 amide bonds. The highest BCUT2D eigenvalue weighted by Gasteiger charge is 2.58. The van der Waals surface area contributed by atoms with Crippen LogP contribution in [0.4, 0.5) is 4.39 Å². The molecule has 0 spiro atoms. The van der Waals surface area contributed by atoms with Crippen LogP contribution in [0.2, 0.25) is 0 Å². The Bertz CT molecular complexity index is 232. The van der Waals surface area contributed by atoms with E-state index in [-0.39, 0.29) is 17.9 Å². The van der Waals surface area contributed by atoms with Gasteiger partial charge in [0.1, 0.15) is 5.67 Å². The van der Waals surface area contributed by atoms with Crippen LogP contribution < -0.4 is 11.1 Å². The Morgan fingerprint density at radius 1 is 1.41 bits per heavy atom. The van der Waals surface area contributed by atoms with E-state index in [1.54, 1.807) is 0 Å². The maximum Gasteiger partial charge on any atom is 0.118 e. The van der Waals surface area contributed by atoms with E-state index in [1.807, 2.05) is 6.92 Å². The minimum Gasteiger partial charge on any atom is -0.330 e. The molecule has 17 heavy (non-hydrogen) atoms. The van der Waals surface area contributed by atoms with E-state index in [0.717, 1.165) is 25.8 Å². The lowest BCUT2D eigenvalue weighted by Gasteiger charge is -2.29. The number of nitrogens with two attached hydrogens (primary N) is 1. The van der Waals surface area contributed by atoms with Gasteiger partial charge in [-0.3, -0.25) is 0 Å². The first kappa shape index (κ1) is 14.9. The number of nitrogens with one attached hydrogen (secondary N) is 1. The van der Waals surface area contributed by atoms with Crippen molar-refractivity contribution in [3.63, 3.8) is 0 Å². The third-order valence-corrected chi connectivity index (χ3v) is 4.07. The fraction of sp³-hybridized carbons (Fsp3) is 1.00. The summed E-state index contributed by atoms with van der Waals surface area (Å²) in [7, 11) is 0. The Labute approximate surface area is 106 Å². The highest BCUT2D eigenvalue weighted by atomic mass is 19.1. The number of alkyl halides is 1. The lowest BCUT2D eigenvalue weighted by atomic mass is 9.87. The Morgan fingerprint density at radius 3 is 2.41 bits per heavy atom. The molecule has 0 saturated heterocycles. The number of halogens is 1. The van der Waals surface area contributed by atoms with Crippen molar-refractivity contribution in [3.8, 4) is 0 Å².